The van der Waals surface area contributed by atoms with Gasteiger partial charge in [0.1, 0.15) is 11.6 Å². The average Bonchev–Trinajstić information content (AvgIpc) is 2.83. The molecule has 1 aromatic heterocycles. The molecule has 0 N–H and O–H groups in total. The molecule has 3 rings (SSSR count). The van der Waals surface area contributed by atoms with Crippen molar-refractivity contribution in [2.75, 3.05) is 0 Å². The molecule has 1 fully saturated rings. The van der Waals surface area contributed by atoms with Gasteiger partial charge in [-0.3, -0.25) is 4.79 Å². The minimum absolute atomic E-state index is 0.0857. The minimum atomic E-state index is -0.0857. The zero-order valence-corrected chi connectivity index (χ0v) is 8.26. The summed E-state index contributed by atoms with van der Waals surface area (Å²) >= 11 is 0. The Bertz CT molecular complexity index is 517. The smallest absolute Gasteiger partial charge is 0.157 e. The van der Waals surface area contributed by atoms with E-state index in [1.807, 2.05) is 24.3 Å². The predicted molar refractivity (Wildman–Crippen MR) is 55.4 cm³/mol. The van der Waals surface area contributed by atoms with E-state index in [1.165, 1.54) is 0 Å². The molecule has 1 aliphatic carbocycles. The molecular weight excluding hydrogens is 190 g/mol. The first-order valence-corrected chi connectivity index (χ1v) is 5.19. The van der Waals surface area contributed by atoms with Gasteiger partial charge >= 0.3 is 0 Å². The van der Waals surface area contributed by atoms with Crippen molar-refractivity contribution in [2.45, 2.75) is 25.3 Å². The lowest BCUT2D eigenvalue weighted by Gasteiger charge is -2.07. The third-order valence-electron chi connectivity index (χ3n) is 2.94. The maximum Gasteiger partial charge on any atom is 0.157 e. The zero-order chi connectivity index (χ0) is 10.3. The normalized spacial score (nSPS) is 21.3. The number of hydrogen-bond donors (Lipinski definition) is 0. The van der Waals surface area contributed by atoms with E-state index in [0.717, 1.165) is 23.9 Å². The van der Waals surface area contributed by atoms with Crippen LogP contribution in [0.1, 0.15) is 25.3 Å². The standard InChI is InChI=1S/C11H11N3O/c15-11-7-3-6-10(11)14-9-5-2-1-4-8(9)12-13-14/h1-2,4-5,10H,3,6-7H2/t10-/m1/s1. The first-order chi connectivity index (χ1) is 7.36. The number of fused-ring (bicyclic) bond motifs is 1. The number of hydrogen-bond acceptors (Lipinski definition) is 3. The topological polar surface area (TPSA) is 47.8 Å². The molecule has 4 nitrogen and oxygen atoms in total. The van der Waals surface area contributed by atoms with Crippen LogP contribution in [0.2, 0.25) is 0 Å². The second-order valence-corrected chi connectivity index (χ2v) is 3.90. The molecule has 2 aromatic rings. The molecular formula is C11H11N3O. The van der Waals surface area contributed by atoms with Gasteiger partial charge in [0.2, 0.25) is 0 Å². The van der Waals surface area contributed by atoms with Crippen molar-refractivity contribution in [2.24, 2.45) is 0 Å². The molecule has 0 spiro atoms. The van der Waals surface area contributed by atoms with E-state index >= 15 is 0 Å². The van der Waals surface area contributed by atoms with Crippen LogP contribution in [0.5, 0.6) is 0 Å². The lowest BCUT2D eigenvalue weighted by molar-refractivity contribution is -0.120. The monoisotopic (exact) mass is 201 g/mol. The van der Waals surface area contributed by atoms with Crippen molar-refractivity contribution >= 4 is 16.8 Å². The summed E-state index contributed by atoms with van der Waals surface area (Å²) in [4.78, 5) is 11.6. The SMILES string of the molecule is O=C1CCC[C@H]1n1nnc2ccccc21. The maximum absolute atomic E-state index is 11.6. The molecule has 1 aliphatic rings. The summed E-state index contributed by atoms with van der Waals surface area (Å²) in [6.07, 6.45) is 2.54. The van der Waals surface area contributed by atoms with E-state index in [-0.39, 0.29) is 11.8 Å². The van der Waals surface area contributed by atoms with Gasteiger partial charge in [0.05, 0.1) is 5.52 Å². The molecule has 15 heavy (non-hydrogen) atoms. The third-order valence-corrected chi connectivity index (χ3v) is 2.94. The minimum Gasteiger partial charge on any atom is -0.297 e. The number of Topliss-reactive ketones (excluding diaryl/α,β-unsaturated/α-hetero) is 1. The van der Waals surface area contributed by atoms with Crippen molar-refractivity contribution in [1.29, 1.82) is 0 Å². The van der Waals surface area contributed by atoms with Gasteiger partial charge in [-0.25, -0.2) is 4.68 Å². The van der Waals surface area contributed by atoms with Crippen LogP contribution < -0.4 is 0 Å². The van der Waals surface area contributed by atoms with Crippen LogP contribution in [-0.4, -0.2) is 20.8 Å². The van der Waals surface area contributed by atoms with Gasteiger partial charge in [-0.05, 0) is 25.0 Å². The molecule has 4 heteroatoms. The first-order valence-electron chi connectivity index (χ1n) is 5.19. The first kappa shape index (κ1) is 8.59. The fourth-order valence-corrected chi connectivity index (χ4v) is 2.17. The Morgan fingerprint density at radius 1 is 1.33 bits per heavy atom. The van der Waals surface area contributed by atoms with Crippen LogP contribution in [0.15, 0.2) is 24.3 Å². The van der Waals surface area contributed by atoms with Crippen LogP contribution in [0.25, 0.3) is 11.0 Å². The second kappa shape index (κ2) is 3.15. The highest BCUT2D eigenvalue weighted by Gasteiger charge is 2.27. The van der Waals surface area contributed by atoms with E-state index in [4.69, 9.17) is 0 Å². The summed E-state index contributed by atoms with van der Waals surface area (Å²) in [5, 5.41) is 8.13. The molecule has 0 bridgehead atoms. The second-order valence-electron chi connectivity index (χ2n) is 3.90. The third kappa shape index (κ3) is 1.25. The Labute approximate surface area is 86.9 Å². The summed E-state index contributed by atoms with van der Waals surface area (Å²) in [5.41, 5.74) is 1.81. The predicted octanol–water partition coefficient (Wildman–Crippen LogP) is 1.73. The molecule has 1 atom stereocenters. The van der Waals surface area contributed by atoms with Crippen LogP contribution >= 0.6 is 0 Å². The average molecular weight is 201 g/mol. The molecule has 0 radical (unpaired) electrons. The van der Waals surface area contributed by atoms with Crippen molar-refractivity contribution in [3.63, 3.8) is 0 Å². The number of rotatable bonds is 1. The van der Waals surface area contributed by atoms with E-state index in [0.29, 0.717) is 6.42 Å². The van der Waals surface area contributed by atoms with Crippen molar-refractivity contribution in [3.8, 4) is 0 Å². The summed E-state index contributed by atoms with van der Waals surface area (Å²) in [6.45, 7) is 0. The lowest BCUT2D eigenvalue weighted by atomic mass is 10.2. The van der Waals surface area contributed by atoms with Gasteiger partial charge in [-0.1, -0.05) is 17.3 Å². The van der Waals surface area contributed by atoms with E-state index in [9.17, 15) is 4.79 Å². The number of ketones is 1. The number of benzene rings is 1. The Balaban J connectivity index is 2.14. The fourth-order valence-electron chi connectivity index (χ4n) is 2.17. The van der Waals surface area contributed by atoms with Crippen LogP contribution in [0, 0.1) is 0 Å². The lowest BCUT2D eigenvalue weighted by Crippen LogP contribution is -2.14. The number of para-hydroxylation sites is 1. The van der Waals surface area contributed by atoms with Gasteiger partial charge in [-0.2, -0.15) is 0 Å². The Kier molecular flexibility index (Phi) is 1.80. The molecule has 76 valence electrons. The number of aromatic nitrogens is 3. The summed E-state index contributed by atoms with van der Waals surface area (Å²) < 4.78 is 1.77. The largest absolute Gasteiger partial charge is 0.297 e. The quantitative estimate of drug-likeness (QED) is 0.705. The molecule has 0 unspecified atom stereocenters. The summed E-state index contributed by atoms with van der Waals surface area (Å²) in [5.74, 6) is 0.283. The van der Waals surface area contributed by atoms with Gasteiger partial charge in [0.25, 0.3) is 0 Å². The highest BCUT2D eigenvalue weighted by molar-refractivity contribution is 5.86. The van der Waals surface area contributed by atoms with Crippen LogP contribution in [-0.2, 0) is 4.79 Å². The van der Waals surface area contributed by atoms with Gasteiger partial charge in [0.15, 0.2) is 5.78 Å². The van der Waals surface area contributed by atoms with E-state index in [1.54, 1.807) is 4.68 Å². The van der Waals surface area contributed by atoms with E-state index < -0.39 is 0 Å². The van der Waals surface area contributed by atoms with Crippen molar-refractivity contribution in [3.05, 3.63) is 24.3 Å². The maximum atomic E-state index is 11.6. The molecule has 0 aliphatic heterocycles. The van der Waals surface area contributed by atoms with Crippen LogP contribution in [0.4, 0.5) is 0 Å². The van der Waals surface area contributed by atoms with Gasteiger partial charge in [0, 0.05) is 6.42 Å². The molecule has 1 aromatic carbocycles. The Hall–Kier alpha value is -1.71. The van der Waals surface area contributed by atoms with Crippen molar-refractivity contribution in [1.82, 2.24) is 15.0 Å². The highest BCUT2D eigenvalue weighted by Crippen LogP contribution is 2.27. The summed E-state index contributed by atoms with van der Waals surface area (Å²) in [6, 6.07) is 7.66. The van der Waals surface area contributed by atoms with Gasteiger partial charge in [-0.15, -0.1) is 5.10 Å². The fraction of sp³-hybridized carbons (Fsp3) is 0.364. The molecule has 1 saturated carbocycles. The van der Waals surface area contributed by atoms with Crippen LogP contribution in [0.3, 0.4) is 0 Å². The van der Waals surface area contributed by atoms with Crippen molar-refractivity contribution < 1.29 is 4.79 Å². The molecule has 1 heterocycles. The summed E-state index contributed by atoms with van der Waals surface area (Å²) in [7, 11) is 0. The van der Waals surface area contributed by atoms with E-state index in [2.05, 4.69) is 10.3 Å². The molecule has 0 saturated heterocycles. The number of carbonyl (C=O) groups excluding carboxylic acids is 1. The zero-order valence-electron chi connectivity index (χ0n) is 8.26. The Morgan fingerprint density at radius 3 is 3.00 bits per heavy atom. The number of nitrogens with zero attached hydrogens (tertiary/aromatic N) is 3. The molecule has 0 amide bonds. The highest BCUT2D eigenvalue weighted by atomic mass is 16.1. The van der Waals surface area contributed by atoms with Gasteiger partial charge < -0.3 is 0 Å². The Morgan fingerprint density at radius 2 is 2.20 bits per heavy atom. The number of carbonyl (C=O) groups is 1.